The number of hydrogen-bond donors (Lipinski definition) is 1. The van der Waals surface area contributed by atoms with Crippen molar-refractivity contribution in [1.29, 1.82) is 0 Å². The van der Waals surface area contributed by atoms with Gasteiger partial charge in [-0.15, -0.1) is 0 Å². The lowest BCUT2D eigenvalue weighted by atomic mass is 10.2. The second-order valence-electron chi connectivity index (χ2n) is 3.88. The predicted octanol–water partition coefficient (Wildman–Crippen LogP) is 3.59. The van der Waals surface area contributed by atoms with Crippen LogP contribution >= 0.6 is 43.6 Å². The quantitative estimate of drug-likeness (QED) is 0.885. The number of hydrogen-bond acceptors (Lipinski definition) is 3. The van der Waals surface area contributed by atoms with Crippen molar-refractivity contribution in [3.05, 3.63) is 26.9 Å². The molecule has 88 valence electrons. The minimum absolute atomic E-state index is 0.649. The van der Waals surface area contributed by atoms with E-state index >= 15 is 0 Å². The SMILES string of the molecule is Brc1cnc(CNC2CCCSC2)c(Br)c1. The van der Waals surface area contributed by atoms with Crippen LogP contribution in [0.3, 0.4) is 0 Å². The molecule has 1 aromatic heterocycles. The summed E-state index contributed by atoms with van der Waals surface area (Å²) >= 11 is 8.98. The van der Waals surface area contributed by atoms with Crippen molar-refractivity contribution >= 4 is 43.6 Å². The van der Waals surface area contributed by atoms with Crippen LogP contribution in [0.25, 0.3) is 0 Å². The van der Waals surface area contributed by atoms with Crippen molar-refractivity contribution in [2.75, 3.05) is 11.5 Å². The Labute approximate surface area is 117 Å². The lowest BCUT2D eigenvalue weighted by Gasteiger charge is -2.22. The maximum atomic E-state index is 4.40. The van der Waals surface area contributed by atoms with Crippen molar-refractivity contribution < 1.29 is 0 Å². The van der Waals surface area contributed by atoms with Gasteiger partial charge in [-0.3, -0.25) is 4.98 Å². The summed E-state index contributed by atoms with van der Waals surface area (Å²) in [7, 11) is 0. The van der Waals surface area contributed by atoms with Gasteiger partial charge >= 0.3 is 0 Å². The largest absolute Gasteiger partial charge is 0.308 e. The topological polar surface area (TPSA) is 24.9 Å². The van der Waals surface area contributed by atoms with E-state index in [1.807, 2.05) is 24.0 Å². The Kier molecular flexibility index (Phi) is 5.13. The molecule has 1 fully saturated rings. The molecule has 1 unspecified atom stereocenters. The number of pyridine rings is 1. The van der Waals surface area contributed by atoms with Crippen LogP contribution in [0.2, 0.25) is 0 Å². The van der Waals surface area contributed by atoms with Crippen LogP contribution in [-0.4, -0.2) is 22.5 Å². The lowest BCUT2D eigenvalue weighted by Crippen LogP contribution is -2.33. The fourth-order valence-electron chi connectivity index (χ4n) is 1.72. The minimum Gasteiger partial charge on any atom is -0.308 e. The van der Waals surface area contributed by atoms with E-state index in [0.29, 0.717) is 6.04 Å². The van der Waals surface area contributed by atoms with Crippen LogP contribution in [0.4, 0.5) is 0 Å². The van der Waals surface area contributed by atoms with Crippen molar-refractivity contribution in [1.82, 2.24) is 10.3 Å². The van der Waals surface area contributed by atoms with Crippen LogP contribution in [0.5, 0.6) is 0 Å². The van der Waals surface area contributed by atoms with Crippen LogP contribution in [0.15, 0.2) is 21.2 Å². The van der Waals surface area contributed by atoms with E-state index < -0.39 is 0 Å². The molecule has 0 amide bonds. The van der Waals surface area contributed by atoms with Gasteiger partial charge in [-0.05, 0) is 56.5 Å². The third-order valence-corrected chi connectivity index (χ3v) is 4.94. The Hall–Kier alpha value is 0.420. The first-order valence-electron chi connectivity index (χ1n) is 5.37. The van der Waals surface area contributed by atoms with Gasteiger partial charge in [0.05, 0.1) is 5.69 Å². The van der Waals surface area contributed by atoms with Gasteiger partial charge < -0.3 is 5.32 Å². The highest BCUT2D eigenvalue weighted by Crippen LogP contribution is 2.21. The molecule has 0 bridgehead atoms. The number of nitrogens with zero attached hydrogens (tertiary/aromatic N) is 1. The van der Waals surface area contributed by atoms with E-state index in [1.54, 1.807) is 0 Å². The summed E-state index contributed by atoms with van der Waals surface area (Å²) in [5.41, 5.74) is 1.08. The number of aromatic nitrogens is 1. The van der Waals surface area contributed by atoms with Crippen LogP contribution in [-0.2, 0) is 6.54 Å². The van der Waals surface area contributed by atoms with Crippen molar-refractivity contribution in [3.63, 3.8) is 0 Å². The molecule has 0 saturated carbocycles. The third-order valence-electron chi connectivity index (χ3n) is 2.60. The summed E-state index contributed by atoms with van der Waals surface area (Å²) in [6.07, 6.45) is 4.47. The molecule has 2 nitrogen and oxygen atoms in total. The van der Waals surface area contributed by atoms with Crippen LogP contribution in [0, 0.1) is 0 Å². The average molecular weight is 366 g/mol. The van der Waals surface area contributed by atoms with E-state index in [-0.39, 0.29) is 0 Å². The summed E-state index contributed by atoms with van der Waals surface area (Å²) in [5, 5.41) is 3.57. The van der Waals surface area contributed by atoms with Gasteiger partial charge in [-0.1, -0.05) is 0 Å². The van der Waals surface area contributed by atoms with E-state index in [9.17, 15) is 0 Å². The zero-order valence-corrected chi connectivity index (χ0v) is 12.9. The van der Waals surface area contributed by atoms with Gasteiger partial charge in [0.25, 0.3) is 0 Å². The molecule has 5 heteroatoms. The third kappa shape index (κ3) is 3.72. The molecule has 0 aliphatic carbocycles. The molecule has 0 spiro atoms. The summed E-state index contributed by atoms with van der Waals surface area (Å²) in [6, 6.07) is 2.69. The van der Waals surface area contributed by atoms with E-state index in [4.69, 9.17) is 0 Å². The number of rotatable bonds is 3. The summed E-state index contributed by atoms with van der Waals surface area (Å²) in [5.74, 6) is 2.55. The molecule has 1 N–H and O–H groups in total. The van der Waals surface area contributed by atoms with Crippen LogP contribution < -0.4 is 5.32 Å². The van der Waals surface area contributed by atoms with Gasteiger partial charge in [-0.25, -0.2) is 0 Å². The Balaban J connectivity index is 1.88. The molecule has 2 rings (SSSR count). The van der Waals surface area contributed by atoms with Gasteiger partial charge in [0.15, 0.2) is 0 Å². The normalized spacial score (nSPS) is 21.0. The van der Waals surface area contributed by atoms with Crippen molar-refractivity contribution in [2.45, 2.75) is 25.4 Å². The summed E-state index contributed by atoms with van der Waals surface area (Å²) in [4.78, 5) is 4.40. The molecule has 1 saturated heterocycles. The fourth-order valence-corrected chi connectivity index (χ4v) is 3.95. The second-order valence-corrected chi connectivity index (χ2v) is 6.80. The van der Waals surface area contributed by atoms with Gasteiger partial charge in [0.1, 0.15) is 0 Å². The number of halogens is 2. The lowest BCUT2D eigenvalue weighted by molar-refractivity contribution is 0.503. The number of nitrogens with one attached hydrogen (secondary N) is 1. The average Bonchev–Trinajstić information content (AvgIpc) is 2.29. The summed E-state index contributed by atoms with van der Waals surface area (Å²) in [6.45, 7) is 0.846. The molecule has 16 heavy (non-hydrogen) atoms. The first kappa shape index (κ1) is 12.9. The highest BCUT2D eigenvalue weighted by molar-refractivity contribution is 9.11. The Morgan fingerprint density at radius 3 is 3.06 bits per heavy atom. The predicted molar refractivity (Wildman–Crippen MR) is 76.8 cm³/mol. The van der Waals surface area contributed by atoms with E-state index in [1.165, 1.54) is 24.3 Å². The second kappa shape index (κ2) is 6.38. The fraction of sp³-hybridized carbons (Fsp3) is 0.545. The molecule has 0 aromatic carbocycles. The smallest absolute Gasteiger partial charge is 0.0684 e. The maximum Gasteiger partial charge on any atom is 0.0684 e. The first-order valence-corrected chi connectivity index (χ1v) is 8.11. The van der Waals surface area contributed by atoms with Crippen molar-refractivity contribution in [2.24, 2.45) is 0 Å². The van der Waals surface area contributed by atoms with Crippen LogP contribution in [0.1, 0.15) is 18.5 Å². The molecule has 0 radical (unpaired) electrons. The zero-order valence-electron chi connectivity index (χ0n) is 8.88. The molecule has 2 heterocycles. The molecule has 1 atom stereocenters. The Morgan fingerprint density at radius 1 is 1.50 bits per heavy atom. The zero-order chi connectivity index (χ0) is 11.4. The molecular formula is C11H14Br2N2S. The molecule has 1 aliphatic rings. The monoisotopic (exact) mass is 364 g/mol. The Bertz CT molecular complexity index is 354. The molecule has 1 aromatic rings. The van der Waals surface area contributed by atoms with Gasteiger partial charge in [0.2, 0.25) is 0 Å². The molecular weight excluding hydrogens is 352 g/mol. The van der Waals surface area contributed by atoms with Gasteiger partial charge in [-0.2, -0.15) is 11.8 Å². The minimum atomic E-state index is 0.649. The Morgan fingerprint density at radius 2 is 2.38 bits per heavy atom. The summed E-state index contributed by atoms with van der Waals surface area (Å²) < 4.78 is 2.08. The van der Waals surface area contributed by atoms with Gasteiger partial charge in [0, 0.05) is 33.5 Å². The standard InChI is InChI=1S/C11H14Br2N2S/c12-8-4-10(13)11(15-5-8)6-14-9-2-1-3-16-7-9/h4-5,9,14H,1-3,6-7H2. The van der Waals surface area contributed by atoms with E-state index in [2.05, 4.69) is 42.2 Å². The highest BCUT2D eigenvalue weighted by atomic mass is 79.9. The first-order chi connectivity index (χ1) is 7.75. The van der Waals surface area contributed by atoms with E-state index in [0.717, 1.165) is 21.2 Å². The molecule has 1 aliphatic heterocycles. The van der Waals surface area contributed by atoms with Crippen molar-refractivity contribution in [3.8, 4) is 0 Å². The highest BCUT2D eigenvalue weighted by Gasteiger charge is 2.13. The number of thioether (sulfide) groups is 1. The maximum absolute atomic E-state index is 4.40.